The van der Waals surface area contributed by atoms with Gasteiger partial charge in [0.25, 0.3) is 0 Å². The molecule has 2 rings (SSSR count). The highest BCUT2D eigenvalue weighted by atomic mass is 79.9. The lowest BCUT2D eigenvalue weighted by Crippen LogP contribution is -1.95. The maximum Gasteiger partial charge on any atom is 0.206 e. The molecule has 0 bridgehead atoms. The van der Waals surface area contributed by atoms with E-state index < -0.39 is 0 Å². The number of carbonyl (C=O) groups excluding carboxylic acids is 1. The van der Waals surface area contributed by atoms with Crippen molar-refractivity contribution in [2.75, 3.05) is 0 Å². The normalized spacial score (nSPS) is 10.6. The zero-order chi connectivity index (χ0) is 11.0. The number of hydrogen-bond acceptors (Lipinski definition) is 3. The van der Waals surface area contributed by atoms with Crippen LogP contribution in [-0.4, -0.2) is 5.78 Å². The van der Waals surface area contributed by atoms with Crippen LogP contribution in [0.4, 0.5) is 0 Å². The highest BCUT2D eigenvalue weighted by Gasteiger charge is 2.15. The fourth-order valence-electron chi connectivity index (χ4n) is 1.16. The van der Waals surface area contributed by atoms with Gasteiger partial charge in [-0.1, -0.05) is 0 Å². The molecule has 0 radical (unpaired) electrons. The Kier molecular flexibility index (Phi) is 3.13. The van der Waals surface area contributed by atoms with Gasteiger partial charge in [0.2, 0.25) is 5.78 Å². The van der Waals surface area contributed by atoms with Gasteiger partial charge in [-0.3, -0.25) is 4.79 Å². The van der Waals surface area contributed by atoms with Gasteiger partial charge in [0.15, 0.2) is 0 Å². The van der Waals surface area contributed by atoms with Crippen molar-refractivity contribution in [2.24, 2.45) is 0 Å². The standard InChI is InChI=1S/C10H6Br2O2S/c1-5-2-6(4-14-5)9(13)8-3-7(11)10(12)15-8/h2-4H,1H3. The molecule has 15 heavy (non-hydrogen) atoms. The third-order valence-electron chi connectivity index (χ3n) is 1.86. The fraction of sp³-hybridized carbons (Fsp3) is 0.100. The van der Waals surface area contributed by atoms with Gasteiger partial charge >= 0.3 is 0 Å². The van der Waals surface area contributed by atoms with Crippen LogP contribution in [0.15, 0.2) is 31.1 Å². The van der Waals surface area contributed by atoms with E-state index in [1.54, 1.807) is 12.1 Å². The van der Waals surface area contributed by atoms with Crippen LogP contribution in [0.5, 0.6) is 0 Å². The molecule has 78 valence electrons. The summed E-state index contributed by atoms with van der Waals surface area (Å²) in [6.45, 7) is 1.82. The molecule has 0 spiro atoms. The van der Waals surface area contributed by atoms with Crippen molar-refractivity contribution in [1.82, 2.24) is 0 Å². The largest absolute Gasteiger partial charge is 0.469 e. The second kappa shape index (κ2) is 4.23. The van der Waals surface area contributed by atoms with E-state index in [9.17, 15) is 4.79 Å². The molecular formula is C10H6Br2O2S. The third kappa shape index (κ3) is 2.24. The Balaban J connectivity index is 2.36. The predicted octanol–water partition coefficient (Wildman–Crippen LogP) is 4.41. The summed E-state index contributed by atoms with van der Waals surface area (Å²) < 4.78 is 6.93. The van der Waals surface area contributed by atoms with Crippen molar-refractivity contribution in [3.63, 3.8) is 0 Å². The molecule has 0 aliphatic rings. The molecule has 0 unspecified atom stereocenters. The van der Waals surface area contributed by atoms with Crippen LogP contribution in [0, 0.1) is 6.92 Å². The summed E-state index contributed by atoms with van der Waals surface area (Å²) in [6.07, 6.45) is 1.49. The molecule has 5 heteroatoms. The Morgan fingerprint density at radius 1 is 1.40 bits per heavy atom. The Morgan fingerprint density at radius 2 is 2.13 bits per heavy atom. The summed E-state index contributed by atoms with van der Waals surface area (Å²) in [5.41, 5.74) is 0.591. The molecule has 2 aromatic rings. The number of rotatable bonds is 2. The topological polar surface area (TPSA) is 30.2 Å². The van der Waals surface area contributed by atoms with Crippen LogP contribution in [0.1, 0.15) is 21.0 Å². The third-order valence-corrected chi connectivity index (χ3v) is 5.12. The predicted molar refractivity (Wildman–Crippen MR) is 66.6 cm³/mol. The molecule has 0 atom stereocenters. The van der Waals surface area contributed by atoms with Crippen molar-refractivity contribution in [3.8, 4) is 0 Å². The van der Waals surface area contributed by atoms with E-state index in [0.717, 1.165) is 14.0 Å². The van der Waals surface area contributed by atoms with E-state index in [1.165, 1.54) is 17.6 Å². The number of aryl methyl sites for hydroxylation is 1. The number of furan rings is 1. The van der Waals surface area contributed by atoms with Gasteiger partial charge < -0.3 is 4.42 Å². The van der Waals surface area contributed by atoms with Gasteiger partial charge in [-0.15, -0.1) is 11.3 Å². The molecule has 0 aliphatic heterocycles. The monoisotopic (exact) mass is 348 g/mol. The van der Waals surface area contributed by atoms with Crippen LogP contribution in [-0.2, 0) is 0 Å². The smallest absolute Gasteiger partial charge is 0.206 e. The molecule has 2 nitrogen and oxygen atoms in total. The molecule has 2 aromatic heterocycles. The number of thiophene rings is 1. The lowest BCUT2D eigenvalue weighted by Gasteiger charge is -1.89. The highest BCUT2D eigenvalue weighted by molar-refractivity contribution is 9.13. The molecule has 0 fully saturated rings. The number of hydrogen-bond donors (Lipinski definition) is 0. The first kappa shape index (κ1) is 11.1. The first-order valence-electron chi connectivity index (χ1n) is 4.12. The second-order valence-corrected chi connectivity index (χ2v) is 6.23. The molecule has 0 saturated heterocycles. The summed E-state index contributed by atoms with van der Waals surface area (Å²) in [6, 6.07) is 3.54. The zero-order valence-electron chi connectivity index (χ0n) is 7.71. The number of carbonyl (C=O) groups is 1. The summed E-state index contributed by atoms with van der Waals surface area (Å²) in [5.74, 6) is 0.733. The fourth-order valence-corrected chi connectivity index (χ4v) is 3.16. The summed E-state index contributed by atoms with van der Waals surface area (Å²) in [5, 5.41) is 0. The van der Waals surface area contributed by atoms with Crippen molar-refractivity contribution < 1.29 is 9.21 Å². The summed E-state index contributed by atoms with van der Waals surface area (Å²) in [4.78, 5) is 12.6. The summed E-state index contributed by atoms with van der Waals surface area (Å²) >= 11 is 8.11. The molecule has 2 heterocycles. The molecule has 0 aromatic carbocycles. The van der Waals surface area contributed by atoms with Crippen LogP contribution < -0.4 is 0 Å². The minimum Gasteiger partial charge on any atom is -0.469 e. The van der Waals surface area contributed by atoms with Gasteiger partial charge in [-0.05, 0) is 50.9 Å². The van der Waals surface area contributed by atoms with Crippen molar-refractivity contribution in [1.29, 1.82) is 0 Å². The molecule has 0 aliphatic carbocycles. The molecule has 0 N–H and O–H groups in total. The Hall–Kier alpha value is -0.390. The lowest BCUT2D eigenvalue weighted by atomic mass is 10.2. The minimum absolute atomic E-state index is 0.0109. The van der Waals surface area contributed by atoms with E-state index >= 15 is 0 Å². The maximum absolute atomic E-state index is 11.9. The van der Waals surface area contributed by atoms with Crippen LogP contribution in [0.25, 0.3) is 0 Å². The van der Waals surface area contributed by atoms with Gasteiger partial charge in [0, 0.05) is 4.47 Å². The Morgan fingerprint density at radius 3 is 2.60 bits per heavy atom. The minimum atomic E-state index is -0.0109. The maximum atomic E-state index is 11.9. The SMILES string of the molecule is Cc1cc(C(=O)c2cc(Br)c(Br)s2)co1. The van der Waals surface area contributed by atoms with E-state index in [0.29, 0.717) is 10.4 Å². The van der Waals surface area contributed by atoms with E-state index in [-0.39, 0.29) is 5.78 Å². The first-order valence-corrected chi connectivity index (χ1v) is 6.53. The van der Waals surface area contributed by atoms with Crippen LogP contribution in [0.2, 0.25) is 0 Å². The average molecular weight is 350 g/mol. The van der Waals surface area contributed by atoms with E-state index in [2.05, 4.69) is 31.9 Å². The Labute approximate surface area is 108 Å². The number of halogens is 2. The van der Waals surface area contributed by atoms with E-state index in [1.807, 2.05) is 6.92 Å². The second-order valence-electron chi connectivity index (χ2n) is 3.01. The van der Waals surface area contributed by atoms with Gasteiger partial charge in [-0.2, -0.15) is 0 Å². The number of ketones is 1. The molecule has 0 saturated carbocycles. The van der Waals surface area contributed by atoms with Gasteiger partial charge in [0.05, 0.1) is 14.2 Å². The molecule has 0 amide bonds. The van der Waals surface area contributed by atoms with Crippen molar-refractivity contribution in [3.05, 3.63) is 42.9 Å². The molecular weight excluding hydrogens is 344 g/mol. The summed E-state index contributed by atoms with van der Waals surface area (Å²) in [7, 11) is 0. The van der Waals surface area contributed by atoms with Crippen LogP contribution in [0.3, 0.4) is 0 Å². The highest BCUT2D eigenvalue weighted by Crippen LogP contribution is 2.33. The zero-order valence-corrected chi connectivity index (χ0v) is 11.7. The Bertz CT molecular complexity index is 494. The van der Waals surface area contributed by atoms with Crippen LogP contribution >= 0.6 is 43.2 Å². The van der Waals surface area contributed by atoms with Crippen molar-refractivity contribution in [2.45, 2.75) is 6.92 Å². The average Bonchev–Trinajstić information content (AvgIpc) is 2.74. The first-order chi connectivity index (χ1) is 7.08. The van der Waals surface area contributed by atoms with Gasteiger partial charge in [-0.25, -0.2) is 0 Å². The van der Waals surface area contributed by atoms with Crippen molar-refractivity contribution >= 4 is 49.0 Å². The van der Waals surface area contributed by atoms with E-state index in [4.69, 9.17) is 4.42 Å². The van der Waals surface area contributed by atoms with Gasteiger partial charge in [0.1, 0.15) is 12.0 Å². The lowest BCUT2D eigenvalue weighted by molar-refractivity contribution is 0.104. The quantitative estimate of drug-likeness (QED) is 0.752.